The Labute approximate surface area is 153 Å². The molecule has 5 heteroatoms. The minimum Gasteiger partial charge on any atom is -0.371 e. The summed E-state index contributed by atoms with van der Waals surface area (Å²) < 4.78 is 27.6. The molecule has 1 aromatic heterocycles. The zero-order valence-electron chi connectivity index (χ0n) is 15.2. The summed E-state index contributed by atoms with van der Waals surface area (Å²) in [6.45, 7) is 3.08. The van der Waals surface area contributed by atoms with Crippen LogP contribution in [0.4, 0.5) is 14.5 Å². The Hall–Kier alpha value is -2.01. The standard InChI is InChI=1S/C21H25F2N3/c1-25(21-3-2-18-19(21)12-16(22)13-20(18)23)14-15-6-10-26(11-7-15)17-4-8-24-9-5-17/h4-5,8-9,12-13,15,21H,2-3,6-7,10-11,14H2,1H3/t21-/m0/s1. The number of pyridine rings is 1. The van der Waals surface area contributed by atoms with Crippen molar-refractivity contribution in [2.24, 2.45) is 5.92 Å². The molecule has 0 radical (unpaired) electrons. The molecule has 1 fully saturated rings. The van der Waals surface area contributed by atoms with Gasteiger partial charge >= 0.3 is 0 Å². The Kier molecular flexibility index (Phi) is 4.90. The van der Waals surface area contributed by atoms with Crippen molar-refractivity contribution in [2.45, 2.75) is 31.7 Å². The van der Waals surface area contributed by atoms with Crippen LogP contribution in [0.15, 0.2) is 36.7 Å². The second-order valence-corrected chi connectivity index (χ2v) is 7.59. The number of halogens is 2. The lowest BCUT2D eigenvalue weighted by atomic mass is 9.95. The molecule has 0 bridgehead atoms. The fourth-order valence-corrected chi connectivity index (χ4v) is 4.54. The van der Waals surface area contributed by atoms with Gasteiger partial charge in [0.1, 0.15) is 11.6 Å². The van der Waals surface area contributed by atoms with Crippen LogP contribution in [-0.4, -0.2) is 36.6 Å². The zero-order chi connectivity index (χ0) is 18.1. The number of aromatic nitrogens is 1. The molecular formula is C21H25F2N3. The number of rotatable bonds is 4. The van der Waals surface area contributed by atoms with Gasteiger partial charge in [0.2, 0.25) is 0 Å². The average molecular weight is 357 g/mol. The summed E-state index contributed by atoms with van der Waals surface area (Å²) in [7, 11) is 2.10. The first kappa shape index (κ1) is 17.4. The predicted molar refractivity (Wildman–Crippen MR) is 99.2 cm³/mol. The zero-order valence-corrected chi connectivity index (χ0v) is 15.2. The Balaban J connectivity index is 1.37. The van der Waals surface area contributed by atoms with Gasteiger partial charge in [-0.1, -0.05) is 0 Å². The summed E-state index contributed by atoms with van der Waals surface area (Å²) in [5, 5.41) is 0. The SMILES string of the molecule is CN(CC1CCN(c2ccncc2)CC1)[C@H]1CCc2c(F)cc(F)cc21. The van der Waals surface area contributed by atoms with Crippen molar-refractivity contribution in [3.63, 3.8) is 0 Å². The van der Waals surface area contributed by atoms with Crippen LogP contribution in [0.2, 0.25) is 0 Å². The van der Waals surface area contributed by atoms with E-state index in [-0.39, 0.29) is 11.9 Å². The highest BCUT2D eigenvalue weighted by Gasteiger charge is 2.30. The Bertz CT molecular complexity index is 757. The van der Waals surface area contributed by atoms with Crippen LogP contribution in [0.5, 0.6) is 0 Å². The summed E-state index contributed by atoms with van der Waals surface area (Å²) in [5.41, 5.74) is 2.79. The summed E-state index contributed by atoms with van der Waals surface area (Å²) in [6.07, 6.45) is 7.54. The number of hydrogen-bond acceptors (Lipinski definition) is 3. The second-order valence-electron chi connectivity index (χ2n) is 7.59. The highest BCUT2D eigenvalue weighted by atomic mass is 19.1. The third kappa shape index (κ3) is 3.45. The maximum Gasteiger partial charge on any atom is 0.129 e. The first-order valence-corrected chi connectivity index (χ1v) is 9.45. The molecule has 138 valence electrons. The molecule has 1 aliphatic carbocycles. The fraction of sp³-hybridized carbons (Fsp3) is 0.476. The summed E-state index contributed by atoms with van der Waals surface area (Å²) in [4.78, 5) is 8.80. The second kappa shape index (κ2) is 7.31. The molecule has 0 N–H and O–H groups in total. The van der Waals surface area contributed by atoms with Crippen molar-refractivity contribution in [3.8, 4) is 0 Å². The quantitative estimate of drug-likeness (QED) is 0.818. The van der Waals surface area contributed by atoms with Gasteiger partial charge in [-0.2, -0.15) is 0 Å². The number of fused-ring (bicyclic) bond motifs is 1. The lowest BCUT2D eigenvalue weighted by Gasteiger charge is -2.36. The minimum absolute atomic E-state index is 0.133. The molecule has 1 aromatic carbocycles. The fourth-order valence-electron chi connectivity index (χ4n) is 4.54. The van der Waals surface area contributed by atoms with E-state index in [0.717, 1.165) is 50.5 Å². The first-order valence-electron chi connectivity index (χ1n) is 9.45. The summed E-state index contributed by atoms with van der Waals surface area (Å²) in [6, 6.07) is 6.79. The van der Waals surface area contributed by atoms with Gasteiger partial charge in [-0.05, 0) is 68.0 Å². The molecule has 1 aliphatic heterocycles. The van der Waals surface area contributed by atoms with Crippen LogP contribution < -0.4 is 4.90 Å². The van der Waals surface area contributed by atoms with Crippen molar-refractivity contribution in [1.29, 1.82) is 0 Å². The van der Waals surface area contributed by atoms with Crippen molar-refractivity contribution in [1.82, 2.24) is 9.88 Å². The normalized spacial score (nSPS) is 20.6. The van der Waals surface area contributed by atoms with Crippen molar-refractivity contribution >= 4 is 5.69 Å². The monoisotopic (exact) mass is 357 g/mol. The van der Waals surface area contributed by atoms with Crippen molar-refractivity contribution < 1.29 is 8.78 Å². The van der Waals surface area contributed by atoms with Crippen LogP contribution in [0.1, 0.15) is 36.4 Å². The van der Waals surface area contributed by atoms with Crippen molar-refractivity contribution in [3.05, 3.63) is 59.4 Å². The van der Waals surface area contributed by atoms with E-state index in [1.54, 1.807) is 0 Å². The molecule has 2 aromatic rings. The Morgan fingerprint density at radius 1 is 1.12 bits per heavy atom. The Morgan fingerprint density at radius 2 is 1.85 bits per heavy atom. The average Bonchev–Trinajstić information content (AvgIpc) is 3.07. The number of piperidine rings is 1. The first-order chi connectivity index (χ1) is 12.6. The number of benzene rings is 1. The topological polar surface area (TPSA) is 19.4 Å². The van der Waals surface area contributed by atoms with E-state index in [2.05, 4.69) is 34.0 Å². The predicted octanol–water partition coefficient (Wildman–Crippen LogP) is 4.20. The molecule has 0 unspecified atom stereocenters. The largest absolute Gasteiger partial charge is 0.371 e. The third-order valence-electron chi connectivity index (χ3n) is 5.94. The number of anilines is 1. The smallest absolute Gasteiger partial charge is 0.129 e. The summed E-state index contributed by atoms with van der Waals surface area (Å²) >= 11 is 0. The van der Waals surface area contributed by atoms with E-state index in [1.807, 2.05) is 12.4 Å². The lowest BCUT2D eigenvalue weighted by Crippen LogP contribution is -2.38. The van der Waals surface area contributed by atoms with E-state index in [0.29, 0.717) is 17.9 Å². The molecule has 26 heavy (non-hydrogen) atoms. The highest BCUT2D eigenvalue weighted by molar-refractivity contribution is 5.44. The number of hydrogen-bond donors (Lipinski definition) is 0. The highest BCUT2D eigenvalue weighted by Crippen LogP contribution is 2.38. The van der Waals surface area contributed by atoms with E-state index in [1.165, 1.54) is 11.8 Å². The van der Waals surface area contributed by atoms with Crippen LogP contribution in [0.25, 0.3) is 0 Å². The van der Waals surface area contributed by atoms with E-state index < -0.39 is 5.82 Å². The Morgan fingerprint density at radius 3 is 2.58 bits per heavy atom. The minimum atomic E-state index is -0.466. The maximum absolute atomic E-state index is 14.0. The molecule has 0 spiro atoms. The molecule has 1 atom stereocenters. The maximum atomic E-state index is 14.0. The van der Waals surface area contributed by atoms with Crippen molar-refractivity contribution in [2.75, 3.05) is 31.6 Å². The van der Waals surface area contributed by atoms with Crippen LogP contribution in [0, 0.1) is 17.6 Å². The molecule has 2 heterocycles. The lowest BCUT2D eigenvalue weighted by molar-refractivity contribution is 0.190. The van der Waals surface area contributed by atoms with Crippen LogP contribution in [0.3, 0.4) is 0 Å². The molecule has 1 saturated heterocycles. The van der Waals surface area contributed by atoms with Gasteiger partial charge in [-0.3, -0.25) is 9.88 Å². The third-order valence-corrected chi connectivity index (χ3v) is 5.94. The van der Waals surface area contributed by atoms with Gasteiger partial charge in [0, 0.05) is 49.8 Å². The van der Waals surface area contributed by atoms with Gasteiger partial charge in [0.25, 0.3) is 0 Å². The summed E-state index contributed by atoms with van der Waals surface area (Å²) in [5.74, 6) is -0.227. The molecule has 3 nitrogen and oxygen atoms in total. The van der Waals surface area contributed by atoms with E-state index in [4.69, 9.17) is 0 Å². The van der Waals surface area contributed by atoms with Gasteiger partial charge in [0.05, 0.1) is 0 Å². The molecule has 0 saturated carbocycles. The van der Waals surface area contributed by atoms with Crippen LogP contribution >= 0.6 is 0 Å². The van der Waals surface area contributed by atoms with Gasteiger partial charge in [-0.15, -0.1) is 0 Å². The molecule has 4 rings (SSSR count). The molecule has 2 aliphatic rings. The molecular weight excluding hydrogens is 332 g/mol. The molecule has 0 amide bonds. The van der Waals surface area contributed by atoms with Gasteiger partial charge in [-0.25, -0.2) is 8.78 Å². The van der Waals surface area contributed by atoms with Gasteiger partial charge in [0.15, 0.2) is 0 Å². The number of nitrogens with zero attached hydrogens (tertiary/aromatic N) is 3. The van der Waals surface area contributed by atoms with Crippen LogP contribution in [-0.2, 0) is 6.42 Å². The van der Waals surface area contributed by atoms with Gasteiger partial charge < -0.3 is 4.90 Å². The van der Waals surface area contributed by atoms with E-state index >= 15 is 0 Å². The van der Waals surface area contributed by atoms with E-state index in [9.17, 15) is 8.78 Å².